The molecule has 5 nitrogen and oxygen atoms in total. The van der Waals surface area contributed by atoms with Crippen LogP contribution in [0.4, 0.5) is 21.5 Å². The molecule has 4 N–H and O–H groups in total. The van der Waals surface area contributed by atoms with Crippen molar-refractivity contribution in [1.29, 1.82) is 0 Å². The van der Waals surface area contributed by atoms with Crippen LogP contribution in [0.5, 0.6) is 0 Å². The van der Waals surface area contributed by atoms with Gasteiger partial charge in [0.1, 0.15) is 5.82 Å². The number of benzene rings is 2. The second-order valence-electron chi connectivity index (χ2n) is 4.20. The van der Waals surface area contributed by atoms with Gasteiger partial charge in [-0.3, -0.25) is 4.98 Å². The van der Waals surface area contributed by atoms with Gasteiger partial charge in [0, 0.05) is 6.07 Å². The summed E-state index contributed by atoms with van der Waals surface area (Å²) in [5.74, 6) is -0.987. The average Bonchev–Trinajstić information content (AvgIpc) is 2.72. The van der Waals surface area contributed by atoms with Crippen LogP contribution in [-0.2, 0) is 0 Å². The molecule has 0 saturated carbocycles. The smallest absolute Gasteiger partial charge is 0.408 e. The zero-order valence-electron chi connectivity index (χ0n) is 10.0. The minimum absolute atomic E-state index is 0.227. The topological polar surface area (TPSA) is 84.0 Å². The van der Waals surface area contributed by atoms with Crippen LogP contribution < -0.4 is 16.8 Å². The van der Waals surface area contributed by atoms with Crippen LogP contribution in [0.3, 0.4) is 0 Å². The summed E-state index contributed by atoms with van der Waals surface area (Å²) in [6.45, 7) is 0. The molecule has 0 amide bonds. The molecule has 0 spiro atoms. The molecule has 0 unspecified atom stereocenters. The van der Waals surface area contributed by atoms with Gasteiger partial charge < -0.3 is 15.5 Å². The van der Waals surface area contributed by atoms with Crippen molar-refractivity contribution in [3.63, 3.8) is 0 Å². The summed E-state index contributed by atoms with van der Waals surface area (Å²) in [6, 6.07) is 7.11. The Morgan fingerprint density at radius 3 is 2.80 bits per heavy atom. The maximum atomic E-state index is 13.0. The van der Waals surface area contributed by atoms with Crippen molar-refractivity contribution in [2.24, 2.45) is 0 Å². The van der Waals surface area contributed by atoms with Crippen molar-refractivity contribution >= 4 is 39.8 Å². The Morgan fingerprint density at radius 1 is 1.25 bits per heavy atom. The number of halogens is 2. The van der Waals surface area contributed by atoms with E-state index in [4.69, 9.17) is 21.8 Å². The number of H-pyrrole nitrogens is 1. The number of hydrogen-bond acceptors (Lipinski definition) is 4. The van der Waals surface area contributed by atoms with Crippen LogP contribution in [0, 0.1) is 5.82 Å². The summed E-state index contributed by atoms with van der Waals surface area (Å²) in [7, 11) is 0. The van der Waals surface area contributed by atoms with Crippen molar-refractivity contribution in [1.82, 2.24) is 4.98 Å². The van der Waals surface area contributed by atoms with Gasteiger partial charge >= 0.3 is 5.76 Å². The van der Waals surface area contributed by atoms with Crippen LogP contribution in [0.25, 0.3) is 11.1 Å². The van der Waals surface area contributed by atoms with E-state index in [1.54, 1.807) is 6.07 Å². The van der Waals surface area contributed by atoms with E-state index in [1.165, 1.54) is 24.3 Å². The summed E-state index contributed by atoms with van der Waals surface area (Å²) in [4.78, 5) is 13.6. The highest BCUT2D eigenvalue weighted by Crippen LogP contribution is 2.31. The fourth-order valence-electron chi connectivity index (χ4n) is 1.86. The Balaban J connectivity index is 2.05. The SMILES string of the molecule is Nc1cc2oc(=O)[nH]c2cc1Nc1ccc(F)cc1Cl. The van der Waals surface area contributed by atoms with Gasteiger partial charge in [-0.1, -0.05) is 11.6 Å². The normalized spacial score (nSPS) is 10.9. The van der Waals surface area contributed by atoms with Crippen molar-refractivity contribution in [2.45, 2.75) is 0 Å². The molecular weight excluding hydrogens is 285 g/mol. The van der Waals surface area contributed by atoms with Crippen molar-refractivity contribution in [2.75, 3.05) is 11.1 Å². The Morgan fingerprint density at radius 2 is 2.05 bits per heavy atom. The van der Waals surface area contributed by atoms with Crippen LogP contribution in [-0.4, -0.2) is 4.98 Å². The molecule has 0 aliphatic rings. The Bertz CT molecular complexity index is 856. The summed E-state index contributed by atoms with van der Waals surface area (Å²) >= 11 is 5.93. The Labute approximate surface area is 117 Å². The summed E-state index contributed by atoms with van der Waals surface area (Å²) in [6.07, 6.45) is 0. The fourth-order valence-corrected chi connectivity index (χ4v) is 2.07. The van der Waals surface area contributed by atoms with Gasteiger partial charge in [0.25, 0.3) is 0 Å². The molecule has 0 aliphatic carbocycles. The van der Waals surface area contributed by atoms with Gasteiger partial charge in [-0.2, -0.15) is 0 Å². The third-order valence-corrected chi connectivity index (χ3v) is 3.10. The first-order valence-electron chi connectivity index (χ1n) is 5.67. The Kier molecular flexibility index (Phi) is 2.87. The van der Waals surface area contributed by atoms with Crippen LogP contribution >= 0.6 is 11.6 Å². The molecule has 1 heterocycles. The standard InChI is InChI=1S/C13H9ClFN3O2/c14-7-3-6(15)1-2-9(7)17-10-5-11-12(4-8(10)16)20-13(19)18-11/h1-5,17H,16H2,(H,18,19). The monoisotopic (exact) mass is 293 g/mol. The molecular formula is C13H9ClFN3O2. The van der Waals surface area contributed by atoms with E-state index in [0.717, 1.165) is 0 Å². The third kappa shape index (κ3) is 2.21. The molecule has 0 saturated heterocycles. The molecule has 20 heavy (non-hydrogen) atoms. The number of rotatable bonds is 2. The third-order valence-electron chi connectivity index (χ3n) is 2.79. The largest absolute Gasteiger partial charge is 0.417 e. The average molecular weight is 294 g/mol. The molecule has 0 atom stereocenters. The molecule has 2 aromatic carbocycles. The van der Waals surface area contributed by atoms with Gasteiger partial charge in [0.15, 0.2) is 5.58 Å². The van der Waals surface area contributed by atoms with Crippen LogP contribution in [0.1, 0.15) is 0 Å². The zero-order valence-corrected chi connectivity index (χ0v) is 10.8. The van der Waals surface area contributed by atoms with Crippen LogP contribution in [0.15, 0.2) is 39.5 Å². The molecule has 0 aliphatic heterocycles. The number of fused-ring (bicyclic) bond motifs is 1. The van der Waals surface area contributed by atoms with E-state index in [0.29, 0.717) is 28.2 Å². The van der Waals surface area contributed by atoms with Crippen molar-refractivity contribution in [3.05, 3.63) is 51.7 Å². The quantitative estimate of drug-likeness (QED) is 0.633. The number of oxazole rings is 1. The highest BCUT2D eigenvalue weighted by atomic mass is 35.5. The molecule has 102 valence electrons. The molecule has 0 bridgehead atoms. The van der Waals surface area contributed by atoms with E-state index >= 15 is 0 Å². The van der Waals surface area contributed by atoms with Gasteiger partial charge in [0.05, 0.1) is 27.6 Å². The van der Waals surface area contributed by atoms with E-state index in [1.807, 2.05) is 0 Å². The lowest BCUT2D eigenvalue weighted by Gasteiger charge is -2.10. The zero-order chi connectivity index (χ0) is 14.3. The maximum absolute atomic E-state index is 13.0. The summed E-state index contributed by atoms with van der Waals surface area (Å²) in [5, 5.41) is 3.21. The van der Waals surface area contributed by atoms with E-state index in [2.05, 4.69) is 10.3 Å². The van der Waals surface area contributed by atoms with Gasteiger partial charge in [-0.15, -0.1) is 0 Å². The number of nitrogens with one attached hydrogen (secondary N) is 2. The van der Waals surface area contributed by atoms with Gasteiger partial charge in [0.2, 0.25) is 0 Å². The minimum atomic E-state index is -0.559. The number of nitrogens with two attached hydrogens (primary N) is 1. The Hall–Kier alpha value is -2.47. The molecule has 0 fully saturated rings. The first-order chi connectivity index (χ1) is 9.52. The van der Waals surface area contributed by atoms with Gasteiger partial charge in [-0.25, -0.2) is 9.18 Å². The van der Waals surface area contributed by atoms with E-state index in [-0.39, 0.29) is 5.02 Å². The fraction of sp³-hybridized carbons (Fsp3) is 0. The maximum Gasteiger partial charge on any atom is 0.417 e. The van der Waals surface area contributed by atoms with Crippen molar-refractivity contribution < 1.29 is 8.81 Å². The first kappa shape index (κ1) is 12.6. The predicted molar refractivity (Wildman–Crippen MR) is 75.9 cm³/mol. The molecule has 7 heteroatoms. The van der Waals surface area contributed by atoms with Crippen molar-refractivity contribution in [3.8, 4) is 0 Å². The lowest BCUT2D eigenvalue weighted by Crippen LogP contribution is -1.97. The number of hydrogen-bond donors (Lipinski definition) is 3. The minimum Gasteiger partial charge on any atom is -0.408 e. The lowest BCUT2D eigenvalue weighted by atomic mass is 10.2. The number of anilines is 3. The number of aromatic amines is 1. The second kappa shape index (κ2) is 4.57. The van der Waals surface area contributed by atoms with Crippen LogP contribution in [0.2, 0.25) is 5.02 Å². The first-order valence-corrected chi connectivity index (χ1v) is 6.05. The molecule has 1 aromatic heterocycles. The van der Waals surface area contributed by atoms with E-state index < -0.39 is 11.6 Å². The number of nitrogen functional groups attached to an aromatic ring is 1. The summed E-state index contributed by atoms with van der Waals surface area (Å²) < 4.78 is 17.9. The lowest BCUT2D eigenvalue weighted by molar-refractivity contribution is 0.555. The predicted octanol–water partition coefficient (Wildman–Crippen LogP) is 3.24. The molecule has 0 radical (unpaired) electrons. The molecule has 3 aromatic rings. The summed E-state index contributed by atoms with van der Waals surface area (Å²) in [5.41, 5.74) is 8.15. The highest BCUT2D eigenvalue weighted by molar-refractivity contribution is 6.33. The number of aromatic nitrogens is 1. The van der Waals surface area contributed by atoms with E-state index in [9.17, 15) is 9.18 Å². The second-order valence-corrected chi connectivity index (χ2v) is 4.61. The molecule has 3 rings (SSSR count). The highest BCUT2D eigenvalue weighted by Gasteiger charge is 2.09. The van der Waals surface area contributed by atoms with Gasteiger partial charge in [-0.05, 0) is 24.3 Å².